The van der Waals surface area contributed by atoms with Crippen LogP contribution in [0.15, 0.2) is 54.6 Å². The summed E-state index contributed by atoms with van der Waals surface area (Å²) in [5.74, 6) is -0.506. The molecule has 0 unspecified atom stereocenters. The van der Waals surface area contributed by atoms with E-state index in [1.165, 1.54) is 12.1 Å². The zero-order valence-corrected chi connectivity index (χ0v) is 19.7. The largest absolute Gasteiger partial charge is 0.379 e. The Morgan fingerprint density at radius 2 is 1.80 bits per heavy atom. The van der Waals surface area contributed by atoms with Gasteiger partial charge in [-0.15, -0.1) is 0 Å². The minimum absolute atomic E-state index is 0.183. The van der Waals surface area contributed by atoms with E-state index in [4.69, 9.17) is 9.72 Å². The summed E-state index contributed by atoms with van der Waals surface area (Å²) in [6, 6.07) is 15.9. The molecule has 2 N–H and O–H groups in total. The van der Waals surface area contributed by atoms with Crippen LogP contribution in [0.2, 0.25) is 0 Å². The number of aromatic nitrogens is 3. The summed E-state index contributed by atoms with van der Waals surface area (Å²) in [7, 11) is 0. The number of pyridine rings is 1. The van der Waals surface area contributed by atoms with Crippen LogP contribution in [0.5, 0.6) is 0 Å². The van der Waals surface area contributed by atoms with E-state index in [0.29, 0.717) is 34.5 Å². The van der Waals surface area contributed by atoms with Crippen LogP contribution in [0.3, 0.4) is 0 Å². The number of morpholine rings is 1. The molecule has 5 rings (SSSR count). The molecule has 2 aromatic heterocycles. The van der Waals surface area contributed by atoms with Crippen LogP contribution in [0.25, 0.3) is 33.5 Å². The van der Waals surface area contributed by atoms with Gasteiger partial charge in [-0.25, -0.2) is 9.37 Å². The Hall–Kier alpha value is -3.62. The van der Waals surface area contributed by atoms with Gasteiger partial charge in [0.25, 0.3) is 5.91 Å². The third-order valence-corrected chi connectivity index (χ3v) is 6.29. The van der Waals surface area contributed by atoms with Gasteiger partial charge in [0.1, 0.15) is 5.82 Å². The number of amides is 1. The minimum atomic E-state index is -0.324. The van der Waals surface area contributed by atoms with Gasteiger partial charge in [-0.2, -0.15) is 5.10 Å². The zero-order valence-electron chi connectivity index (χ0n) is 19.7. The number of hydrogen-bond acceptors (Lipinski definition) is 5. The highest BCUT2D eigenvalue weighted by Crippen LogP contribution is 2.31. The second-order valence-corrected chi connectivity index (χ2v) is 8.79. The number of nitrogens with one attached hydrogen (secondary N) is 2. The standard InChI is InChI=1S/C27H28FN5O2/c1-18-3-5-19(6-4-18)23-17-22(27(34)29-11-2-12-33-13-15-35-16-14-33)24-25(31-32-26(24)30-23)20-7-9-21(28)10-8-20/h3-10,17H,2,11-16H2,1H3,(H,29,34)(H,30,31,32). The summed E-state index contributed by atoms with van der Waals surface area (Å²) < 4.78 is 18.9. The van der Waals surface area contributed by atoms with Crippen molar-refractivity contribution in [2.45, 2.75) is 13.3 Å². The Kier molecular flexibility index (Phi) is 6.83. The number of rotatable bonds is 7. The van der Waals surface area contributed by atoms with Crippen molar-refractivity contribution >= 4 is 16.9 Å². The molecular weight excluding hydrogens is 445 g/mol. The van der Waals surface area contributed by atoms with E-state index in [1.54, 1.807) is 12.1 Å². The van der Waals surface area contributed by atoms with Crippen molar-refractivity contribution in [3.05, 3.63) is 71.5 Å². The Labute approximate surface area is 203 Å². The first-order valence-electron chi connectivity index (χ1n) is 11.9. The monoisotopic (exact) mass is 473 g/mol. The lowest BCUT2D eigenvalue weighted by Gasteiger charge is -2.26. The van der Waals surface area contributed by atoms with Gasteiger partial charge in [-0.3, -0.25) is 14.8 Å². The van der Waals surface area contributed by atoms with Crippen LogP contribution < -0.4 is 5.32 Å². The van der Waals surface area contributed by atoms with Crippen molar-refractivity contribution in [2.24, 2.45) is 0 Å². The highest BCUT2D eigenvalue weighted by atomic mass is 19.1. The quantitative estimate of drug-likeness (QED) is 0.393. The number of aromatic amines is 1. The van der Waals surface area contributed by atoms with Crippen molar-refractivity contribution in [1.82, 2.24) is 25.4 Å². The molecule has 0 saturated carbocycles. The Morgan fingerprint density at radius 1 is 1.09 bits per heavy atom. The molecule has 3 heterocycles. The van der Waals surface area contributed by atoms with Gasteiger partial charge >= 0.3 is 0 Å². The van der Waals surface area contributed by atoms with E-state index in [9.17, 15) is 9.18 Å². The number of carbonyl (C=O) groups excluding carboxylic acids is 1. The van der Waals surface area contributed by atoms with Crippen molar-refractivity contribution in [3.8, 4) is 22.5 Å². The van der Waals surface area contributed by atoms with E-state index in [1.807, 2.05) is 37.3 Å². The molecule has 2 aromatic carbocycles. The van der Waals surface area contributed by atoms with Crippen molar-refractivity contribution < 1.29 is 13.9 Å². The van der Waals surface area contributed by atoms with Gasteiger partial charge in [-0.1, -0.05) is 29.8 Å². The Bertz CT molecular complexity index is 1310. The molecule has 35 heavy (non-hydrogen) atoms. The van der Waals surface area contributed by atoms with Crippen LogP contribution >= 0.6 is 0 Å². The lowest BCUT2D eigenvalue weighted by molar-refractivity contribution is 0.0374. The fourth-order valence-corrected chi connectivity index (χ4v) is 4.33. The molecule has 0 aliphatic carbocycles. The number of aryl methyl sites for hydroxylation is 1. The van der Waals surface area contributed by atoms with Crippen LogP contribution in [-0.2, 0) is 4.74 Å². The van der Waals surface area contributed by atoms with Gasteiger partial charge in [0.05, 0.1) is 35.6 Å². The Morgan fingerprint density at radius 3 is 2.54 bits per heavy atom. The molecule has 8 heteroatoms. The summed E-state index contributed by atoms with van der Waals surface area (Å²) in [6.07, 6.45) is 0.848. The Balaban J connectivity index is 1.45. The van der Waals surface area contributed by atoms with E-state index in [2.05, 4.69) is 20.4 Å². The second kappa shape index (κ2) is 10.3. The number of fused-ring (bicyclic) bond motifs is 1. The number of benzene rings is 2. The summed E-state index contributed by atoms with van der Waals surface area (Å²) in [4.78, 5) is 20.5. The zero-order chi connectivity index (χ0) is 24.2. The second-order valence-electron chi connectivity index (χ2n) is 8.79. The first-order valence-corrected chi connectivity index (χ1v) is 11.9. The third-order valence-electron chi connectivity index (χ3n) is 6.29. The summed E-state index contributed by atoms with van der Waals surface area (Å²) in [5, 5.41) is 11.1. The SMILES string of the molecule is Cc1ccc(-c2cc(C(=O)NCCCN3CCOCC3)c3c(-c4ccc(F)cc4)[nH]nc3n2)cc1. The van der Waals surface area contributed by atoms with E-state index >= 15 is 0 Å². The molecule has 7 nitrogen and oxygen atoms in total. The average molecular weight is 474 g/mol. The number of hydrogen-bond donors (Lipinski definition) is 2. The number of halogens is 1. The molecule has 1 aliphatic rings. The predicted molar refractivity (Wildman–Crippen MR) is 134 cm³/mol. The molecular formula is C27H28FN5O2. The molecule has 0 radical (unpaired) electrons. The number of ether oxygens (including phenoxy) is 1. The van der Waals surface area contributed by atoms with Crippen LogP contribution in [0, 0.1) is 12.7 Å². The van der Waals surface area contributed by atoms with Gasteiger partial charge in [0, 0.05) is 30.8 Å². The van der Waals surface area contributed by atoms with Gasteiger partial charge in [0.2, 0.25) is 0 Å². The maximum absolute atomic E-state index is 13.5. The molecule has 0 bridgehead atoms. The van der Waals surface area contributed by atoms with Gasteiger partial charge in [0.15, 0.2) is 5.65 Å². The first kappa shape index (κ1) is 23.1. The molecule has 1 aliphatic heterocycles. The number of carbonyl (C=O) groups is 1. The fourth-order valence-electron chi connectivity index (χ4n) is 4.33. The highest BCUT2D eigenvalue weighted by Gasteiger charge is 2.20. The van der Waals surface area contributed by atoms with Crippen LogP contribution in [0.1, 0.15) is 22.3 Å². The first-order chi connectivity index (χ1) is 17.1. The van der Waals surface area contributed by atoms with Gasteiger partial charge < -0.3 is 10.1 Å². The average Bonchev–Trinajstić information content (AvgIpc) is 3.31. The van der Waals surface area contributed by atoms with Crippen molar-refractivity contribution in [2.75, 3.05) is 39.4 Å². The molecule has 1 amide bonds. The van der Waals surface area contributed by atoms with E-state index in [0.717, 1.165) is 56.0 Å². The fraction of sp³-hybridized carbons (Fsp3) is 0.296. The predicted octanol–water partition coefficient (Wildman–Crippen LogP) is 4.19. The topological polar surface area (TPSA) is 83.1 Å². The third kappa shape index (κ3) is 5.23. The molecule has 1 fully saturated rings. The molecule has 1 saturated heterocycles. The maximum Gasteiger partial charge on any atom is 0.252 e. The summed E-state index contributed by atoms with van der Waals surface area (Å²) >= 11 is 0. The lowest BCUT2D eigenvalue weighted by atomic mass is 10.0. The minimum Gasteiger partial charge on any atom is -0.379 e. The molecule has 0 atom stereocenters. The van der Waals surface area contributed by atoms with Crippen molar-refractivity contribution in [3.63, 3.8) is 0 Å². The normalized spacial score (nSPS) is 14.3. The molecule has 180 valence electrons. The highest BCUT2D eigenvalue weighted by molar-refractivity contribution is 6.10. The lowest BCUT2D eigenvalue weighted by Crippen LogP contribution is -2.38. The smallest absolute Gasteiger partial charge is 0.252 e. The van der Waals surface area contributed by atoms with E-state index < -0.39 is 0 Å². The maximum atomic E-state index is 13.5. The van der Waals surface area contributed by atoms with E-state index in [-0.39, 0.29) is 11.7 Å². The van der Waals surface area contributed by atoms with Crippen LogP contribution in [-0.4, -0.2) is 65.4 Å². The molecule has 4 aromatic rings. The summed E-state index contributed by atoms with van der Waals surface area (Å²) in [5.41, 5.74) is 5.04. The summed E-state index contributed by atoms with van der Waals surface area (Å²) in [6.45, 7) is 6.87. The number of nitrogens with zero attached hydrogens (tertiary/aromatic N) is 3. The van der Waals surface area contributed by atoms with Gasteiger partial charge in [-0.05, 0) is 50.2 Å². The van der Waals surface area contributed by atoms with Crippen molar-refractivity contribution in [1.29, 1.82) is 0 Å². The van der Waals surface area contributed by atoms with Crippen LogP contribution in [0.4, 0.5) is 4.39 Å². The molecule has 0 spiro atoms. The number of H-pyrrole nitrogens is 1.